The van der Waals surface area contributed by atoms with Crippen LogP contribution >= 0.6 is 23.2 Å². The fraction of sp³-hybridized carbons (Fsp3) is 0.238. The standard InChI is InChI=1S/C21H19Cl2N5O3/c1-12-19-15(26-28(21(19)31)16-7-4-6-14(22)20(16)23)9-18(30)27(12)11-17(29)25-10-13-5-2-3-8-24-13/h2-8,12,26H,9-11H2,1H3,(H,25,29). The Morgan fingerprint density at radius 3 is 2.77 bits per heavy atom. The quantitative estimate of drug-likeness (QED) is 0.612. The average molecular weight is 460 g/mol. The molecule has 1 unspecified atom stereocenters. The number of nitrogens with zero attached hydrogens (tertiary/aromatic N) is 3. The number of H-pyrrole nitrogens is 1. The summed E-state index contributed by atoms with van der Waals surface area (Å²) in [4.78, 5) is 43.8. The van der Waals surface area contributed by atoms with Crippen molar-refractivity contribution in [3.05, 3.63) is 79.9 Å². The number of aromatic amines is 1. The van der Waals surface area contributed by atoms with Gasteiger partial charge in [-0.3, -0.25) is 24.5 Å². The minimum Gasteiger partial charge on any atom is -0.349 e. The highest BCUT2D eigenvalue weighted by molar-refractivity contribution is 6.43. The number of nitrogens with one attached hydrogen (secondary N) is 2. The van der Waals surface area contributed by atoms with Gasteiger partial charge in [0, 0.05) is 6.20 Å². The number of pyridine rings is 1. The van der Waals surface area contributed by atoms with Crippen molar-refractivity contribution in [3.8, 4) is 5.69 Å². The van der Waals surface area contributed by atoms with Gasteiger partial charge >= 0.3 is 0 Å². The first-order valence-electron chi connectivity index (χ1n) is 9.61. The number of halogens is 2. The lowest BCUT2D eigenvalue weighted by atomic mass is 10.00. The molecule has 0 aliphatic carbocycles. The normalized spacial score (nSPS) is 15.6. The van der Waals surface area contributed by atoms with Crippen LogP contribution in [0.1, 0.15) is 29.9 Å². The minimum atomic E-state index is -0.584. The fourth-order valence-corrected chi connectivity index (χ4v) is 4.03. The molecule has 2 N–H and O–H groups in total. The molecule has 160 valence electrons. The number of carbonyl (C=O) groups excluding carboxylic acids is 2. The molecule has 0 fully saturated rings. The Morgan fingerprint density at radius 1 is 1.23 bits per heavy atom. The summed E-state index contributed by atoms with van der Waals surface area (Å²) in [6.07, 6.45) is 1.62. The lowest BCUT2D eigenvalue weighted by Crippen LogP contribution is -2.46. The van der Waals surface area contributed by atoms with Crippen LogP contribution in [0, 0.1) is 0 Å². The molecule has 31 heavy (non-hydrogen) atoms. The fourth-order valence-electron chi connectivity index (χ4n) is 3.65. The maximum Gasteiger partial charge on any atom is 0.276 e. The van der Waals surface area contributed by atoms with Crippen molar-refractivity contribution in [2.75, 3.05) is 6.54 Å². The van der Waals surface area contributed by atoms with Crippen LogP contribution in [0.25, 0.3) is 5.69 Å². The molecule has 0 radical (unpaired) electrons. The second-order valence-corrected chi connectivity index (χ2v) is 7.97. The van der Waals surface area contributed by atoms with Gasteiger partial charge in [-0.2, -0.15) is 0 Å². The first kappa shape index (κ1) is 21.1. The number of fused-ring (bicyclic) bond motifs is 1. The van der Waals surface area contributed by atoms with Gasteiger partial charge in [0.1, 0.15) is 6.54 Å². The highest BCUT2D eigenvalue weighted by Gasteiger charge is 2.35. The van der Waals surface area contributed by atoms with Crippen molar-refractivity contribution in [1.82, 2.24) is 25.0 Å². The summed E-state index contributed by atoms with van der Waals surface area (Å²) in [5, 5.41) is 6.27. The number of rotatable bonds is 5. The highest BCUT2D eigenvalue weighted by atomic mass is 35.5. The summed E-state index contributed by atoms with van der Waals surface area (Å²) >= 11 is 12.3. The summed E-state index contributed by atoms with van der Waals surface area (Å²) in [6, 6.07) is 9.80. The van der Waals surface area contributed by atoms with E-state index in [9.17, 15) is 14.4 Å². The molecule has 1 aromatic carbocycles. The van der Waals surface area contributed by atoms with Gasteiger partial charge in [0.05, 0.1) is 51.7 Å². The van der Waals surface area contributed by atoms with Gasteiger partial charge in [-0.05, 0) is 31.2 Å². The molecule has 0 spiro atoms. The van der Waals surface area contributed by atoms with Crippen molar-refractivity contribution in [2.45, 2.75) is 25.9 Å². The second-order valence-electron chi connectivity index (χ2n) is 7.19. The van der Waals surface area contributed by atoms with E-state index in [2.05, 4.69) is 15.4 Å². The van der Waals surface area contributed by atoms with E-state index < -0.39 is 6.04 Å². The van der Waals surface area contributed by atoms with E-state index in [-0.39, 0.29) is 41.9 Å². The molecule has 0 bridgehead atoms. The molecule has 3 heterocycles. The molecule has 1 atom stereocenters. The van der Waals surface area contributed by atoms with Gasteiger partial charge < -0.3 is 10.2 Å². The topological polar surface area (TPSA) is 100 Å². The largest absolute Gasteiger partial charge is 0.349 e. The molecule has 2 aromatic heterocycles. The van der Waals surface area contributed by atoms with Gasteiger partial charge in [-0.25, -0.2) is 4.68 Å². The Kier molecular flexibility index (Phi) is 5.84. The van der Waals surface area contributed by atoms with Gasteiger partial charge in [0.25, 0.3) is 5.56 Å². The zero-order valence-corrected chi connectivity index (χ0v) is 18.1. The number of carbonyl (C=O) groups is 2. The third-order valence-corrected chi connectivity index (χ3v) is 6.03. The van der Waals surface area contributed by atoms with Crippen molar-refractivity contribution in [1.29, 1.82) is 0 Å². The predicted octanol–water partition coefficient (Wildman–Crippen LogP) is 2.63. The number of hydrogen-bond donors (Lipinski definition) is 2. The molecule has 4 rings (SSSR count). The summed E-state index contributed by atoms with van der Waals surface area (Å²) in [5.41, 5.74) is 1.70. The van der Waals surface area contributed by atoms with Crippen LogP contribution in [0.3, 0.4) is 0 Å². The summed E-state index contributed by atoms with van der Waals surface area (Å²) in [7, 11) is 0. The molecule has 8 nitrogen and oxygen atoms in total. The number of benzene rings is 1. The molecule has 2 amide bonds. The molecule has 10 heteroatoms. The third-order valence-electron chi connectivity index (χ3n) is 5.22. The van der Waals surface area contributed by atoms with Crippen LogP contribution in [0.2, 0.25) is 10.0 Å². The smallest absolute Gasteiger partial charge is 0.276 e. The van der Waals surface area contributed by atoms with Crippen LogP contribution in [-0.4, -0.2) is 38.0 Å². The van der Waals surface area contributed by atoms with E-state index in [1.54, 1.807) is 43.5 Å². The van der Waals surface area contributed by atoms with E-state index in [1.807, 2.05) is 6.07 Å². The van der Waals surface area contributed by atoms with Crippen molar-refractivity contribution in [2.24, 2.45) is 0 Å². The van der Waals surface area contributed by atoms with Crippen molar-refractivity contribution < 1.29 is 9.59 Å². The zero-order valence-electron chi connectivity index (χ0n) is 16.6. The zero-order chi connectivity index (χ0) is 22.1. The molecule has 0 saturated carbocycles. The van der Waals surface area contributed by atoms with Gasteiger partial charge in [-0.1, -0.05) is 35.3 Å². The molecular formula is C21H19Cl2N5O3. The predicted molar refractivity (Wildman–Crippen MR) is 116 cm³/mol. The molecule has 1 aliphatic rings. The van der Waals surface area contributed by atoms with E-state index in [1.165, 1.54) is 9.58 Å². The van der Waals surface area contributed by atoms with E-state index in [0.29, 0.717) is 27.7 Å². The van der Waals surface area contributed by atoms with Gasteiger partial charge in [0.15, 0.2) is 0 Å². The van der Waals surface area contributed by atoms with Crippen LogP contribution in [0.4, 0.5) is 0 Å². The number of hydrogen-bond acceptors (Lipinski definition) is 4. The Morgan fingerprint density at radius 2 is 2.03 bits per heavy atom. The Balaban J connectivity index is 1.56. The summed E-state index contributed by atoms with van der Waals surface area (Å²) < 4.78 is 1.29. The first-order valence-corrected chi connectivity index (χ1v) is 10.4. The molecule has 3 aromatic rings. The van der Waals surface area contributed by atoms with Crippen molar-refractivity contribution >= 4 is 35.0 Å². The van der Waals surface area contributed by atoms with Gasteiger partial charge in [0.2, 0.25) is 11.8 Å². The van der Waals surface area contributed by atoms with E-state index in [0.717, 1.165) is 0 Å². The molecular weight excluding hydrogens is 441 g/mol. The Labute approximate surface area is 187 Å². The van der Waals surface area contributed by atoms with Crippen LogP contribution in [0.15, 0.2) is 47.4 Å². The maximum atomic E-state index is 13.1. The average Bonchev–Trinajstić information content (AvgIpc) is 3.08. The monoisotopic (exact) mass is 459 g/mol. The highest BCUT2D eigenvalue weighted by Crippen LogP contribution is 2.30. The summed E-state index contributed by atoms with van der Waals surface area (Å²) in [5.74, 6) is -0.582. The van der Waals surface area contributed by atoms with Crippen molar-refractivity contribution in [3.63, 3.8) is 0 Å². The maximum absolute atomic E-state index is 13.1. The number of amides is 2. The Bertz CT molecular complexity index is 1210. The van der Waals surface area contributed by atoms with Crippen LogP contribution < -0.4 is 10.9 Å². The van der Waals surface area contributed by atoms with Crippen LogP contribution in [-0.2, 0) is 22.6 Å². The minimum absolute atomic E-state index is 0.0202. The third kappa shape index (κ3) is 4.08. The number of aromatic nitrogens is 3. The lowest BCUT2D eigenvalue weighted by molar-refractivity contribution is -0.138. The summed E-state index contributed by atoms with van der Waals surface area (Å²) in [6.45, 7) is 1.82. The van der Waals surface area contributed by atoms with Crippen LogP contribution in [0.5, 0.6) is 0 Å². The molecule has 0 saturated heterocycles. The first-order chi connectivity index (χ1) is 14.9. The van der Waals surface area contributed by atoms with E-state index >= 15 is 0 Å². The lowest BCUT2D eigenvalue weighted by Gasteiger charge is -2.32. The second kappa shape index (κ2) is 8.56. The Hall–Kier alpha value is -3.10. The SMILES string of the molecule is CC1c2c([nH]n(-c3cccc(Cl)c3Cl)c2=O)CC(=O)N1CC(=O)NCc1ccccn1. The van der Waals surface area contributed by atoms with E-state index in [4.69, 9.17) is 23.2 Å². The molecule has 1 aliphatic heterocycles. The van der Waals surface area contributed by atoms with Gasteiger partial charge in [-0.15, -0.1) is 0 Å².